The minimum atomic E-state index is 0.321. The summed E-state index contributed by atoms with van der Waals surface area (Å²) in [4.78, 5) is 0. The summed E-state index contributed by atoms with van der Waals surface area (Å²) in [5, 5.41) is 12.4. The lowest BCUT2D eigenvalue weighted by Gasteiger charge is -2.23. The Balaban J connectivity index is 2.53. The zero-order valence-electron chi connectivity index (χ0n) is 10.4. The summed E-state index contributed by atoms with van der Waals surface area (Å²) in [7, 11) is 0. The first kappa shape index (κ1) is 12.7. The first-order valence-electron chi connectivity index (χ1n) is 5.78. The highest BCUT2D eigenvalue weighted by molar-refractivity contribution is 5.37. The lowest BCUT2D eigenvalue weighted by Crippen LogP contribution is -2.28. The van der Waals surface area contributed by atoms with E-state index in [0.29, 0.717) is 5.41 Å². The van der Waals surface area contributed by atoms with E-state index in [-0.39, 0.29) is 0 Å². The van der Waals surface area contributed by atoms with Crippen LogP contribution in [-0.2, 0) is 6.54 Å². The van der Waals surface area contributed by atoms with E-state index < -0.39 is 0 Å². The average Bonchev–Trinajstić information content (AvgIpc) is 2.29. The van der Waals surface area contributed by atoms with E-state index >= 15 is 0 Å². The number of nitriles is 1. The smallest absolute Gasteiger partial charge is 0.0995 e. The van der Waals surface area contributed by atoms with Crippen molar-refractivity contribution in [3.05, 3.63) is 35.4 Å². The van der Waals surface area contributed by atoms with Crippen molar-refractivity contribution in [2.24, 2.45) is 5.41 Å². The van der Waals surface area contributed by atoms with Gasteiger partial charge in [0.1, 0.15) is 0 Å². The van der Waals surface area contributed by atoms with Crippen LogP contribution in [0.1, 0.15) is 38.3 Å². The Kier molecular flexibility index (Phi) is 4.52. The van der Waals surface area contributed by atoms with Crippen LogP contribution in [0.2, 0.25) is 0 Å². The topological polar surface area (TPSA) is 35.8 Å². The molecule has 0 aliphatic rings. The quantitative estimate of drug-likeness (QED) is 0.821. The normalized spacial score (nSPS) is 11.1. The third-order valence-corrected chi connectivity index (χ3v) is 3.01. The third-order valence-electron chi connectivity index (χ3n) is 3.01. The maximum Gasteiger partial charge on any atom is 0.0995 e. The lowest BCUT2D eigenvalue weighted by atomic mass is 9.90. The Hall–Kier alpha value is -1.33. The fourth-order valence-corrected chi connectivity index (χ4v) is 1.44. The van der Waals surface area contributed by atoms with E-state index in [2.05, 4.69) is 32.2 Å². The molecule has 0 bridgehead atoms. The second-order valence-electron chi connectivity index (χ2n) is 4.89. The van der Waals surface area contributed by atoms with Crippen LogP contribution in [0.5, 0.6) is 0 Å². The standard InChI is InChI=1S/C14H20N2/c1-4-14(2,3)11-16-10-13-8-6-5-7-12(13)9-15/h5-8,16H,4,10-11H2,1-3H3. The molecule has 1 aromatic rings. The van der Waals surface area contributed by atoms with Crippen LogP contribution >= 0.6 is 0 Å². The number of rotatable bonds is 5. The Morgan fingerprint density at radius 1 is 1.31 bits per heavy atom. The highest BCUT2D eigenvalue weighted by Crippen LogP contribution is 2.18. The Labute approximate surface area is 98.3 Å². The summed E-state index contributed by atoms with van der Waals surface area (Å²) < 4.78 is 0. The van der Waals surface area contributed by atoms with Crippen molar-refractivity contribution in [2.75, 3.05) is 6.54 Å². The predicted molar refractivity (Wildman–Crippen MR) is 66.9 cm³/mol. The SMILES string of the molecule is CCC(C)(C)CNCc1ccccc1C#N. The van der Waals surface area contributed by atoms with Gasteiger partial charge in [0.15, 0.2) is 0 Å². The van der Waals surface area contributed by atoms with Gasteiger partial charge in [-0.1, -0.05) is 39.0 Å². The van der Waals surface area contributed by atoms with E-state index in [1.807, 2.05) is 24.3 Å². The highest BCUT2D eigenvalue weighted by Gasteiger charge is 2.14. The van der Waals surface area contributed by atoms with Crippen molar-refractivity contribution < 1.29 is 0 Å². The minimum Gasteiger partial charge on any atom is -0.312 e. The molecule has 0 saturated heterocycles. The van der Waals surface area contributed by atoms with Crippen molar-refractivity contribution in [2.45, 2.75) is 33.7 Å². The zero-order chi connectivity index (χ0) is 12.0. The van der Waals surface area contributed by atoms with E-state index in [4.69, 9.17) is 5.26 Å². The Morgan fingerprint density at radius 3 is 2.62 bits per heavy atom. The number of benzene rings is 1. The van der Waals surface area contributed by atoms with Crippen LogP contribution in [0.4, 0.5) is 0 Å². The van der Waals surface area contributed by atoms with E-state index in [0.717, 1.165) is 30.6 Å². The van der Waals surface area contributed by atoms with Gasteiger partial charge in [0.2, 0.25) is 0 Å². The third kappa shape index (κ3) is 3.67. The molecular weight excluding hydrogens is 196 g/mol. The molecule has 0 atom stereocenters. The van der Waals surface area contributed by atoms with Gasteiger partial charge in [0, 0.05) is 13.1 Å². The minimum absolute atomic E-state index is 0.321. The van der Waals surface area contributed by atoms with E-state index in [9.17, 15) is 0 Å². The zero-order valence-corrected chi connectivity index (χ0v) is 10.4. The van der Waals surface area contributed by atoms with Crippen LogP contribution in [0.3, 0.4) is 0 Å². The molecule has 1 rings (SSSR count). The van der Waals surface area contributed by atoms with Gasteiger partial charge in [-0.15, -0.1) is 0 Å². The maximum absolute atomic E-state index is 8.95. The first-order chi connectivity index (χ1) is 7.59. The molecule has 0 aliphatic heterocycles. The summed E-state index contributed by atoms with van der Waals surface area (Å²) >= 11 is 0. The van der Waals surface area contributed by atoms with Gasteiger partial charge < -0.3 is 5.32 Å². The van der Waals surface area contributed by atoms with Crippen LogP contribution in [0.15, 0.2) is 24.3 Å². The van der Waals surface area contributed by atoms with Crippen LogP contribution < -0.4 is 5.32 Å². The molecular formula is C14H20N2. The van der Waals surface area contributed by atoms with Gasteiger partial charge in [-0.05, 0) is 23.5 Å². The average molecular weight is 216 g/mol. The van der Waals surface area contributed by atoms with Crippen LogP contribution in [-0.4, -0.2) is 6.54 Å². The van der Waals surface area contributed by atoms with Gasteiger partial charge in [-0.3, -0.25) is 0 Å². The fourth-order valence-electron chi connectivity index (χ4n) is 1.44. The Bertz CT molecular complexity index is 375. The van der Waals surface area contributed by atoms with Crippen molar-refractivity contribution in [1.29, 1.82) is 5.26 Å². The second-order valence-corrected chi connectivity index (χ2v) is 4.89. The molecule has 0 aliphatic carbocycles. The molecule has 0 radical (unpaired) electrons. The van der Waals surface area contributed by atoms with Crippen molar-refractivity contribution >= 4 is 0 Å². The molecule has 86 valence electrons. The molecule has 1 N–H and O–H groups in total. The van der Waals surface area contributed by atoms with Gasteiger partial charge >= 0.3 is 0 Å². The molecule has 2 nitrogen and oxygen atoms in total. The molecule has 0 amide bonds. The number of nitrogens with one attached hydrogen (secondary N) is 1. The summed E-state index contributed by atoms with van der Waals surface area (Å²) in [5.41, 5.74) is 2.17. The van der Waals surface area contributed by atoms with Crippen molar-refractivity contribution in [1.82, 2.24) is 5.32 Å². The Morgan fingerprint density at radius 2 is 2.00 bits per heavy atom. The molecule has 2 heteroatoms. The largest absolute Gasteiger partial charge is 0.312 e. The van der Waals surface area contributed by atoms with Crippen LogP contribution in [0, 0.1) is 16.7 Å². The fraction of sp³-hybridized carbons (Fsp3) is 0.500. The molecule has 1 aromatic carbocycles. The number of nitrogens with zero attached hydrogens (tertiary/aromatic N) is 1. The van der Waals surface area contributed by atoms with Gasteiger partial charge in [0.05, 0.1) is 11.6 Å². The first-order valence-corrected chi connectivity index (χ1v) is 5.78. The van der Waals surface area contributed by atoms with Gasteiger partial charge in [0.25, 0.3) is 0 Å². The predicted octanol–water partition coefficient (Wildman–Crippen LogP) is 3.08. The molecule has 0 heterocycles. The van der Waals surface area contributed by atoms with Crippen molar-refractivity contribution in [3.63, 3.8) is 0 Å². The van der Waals surface area contributed by atoms with E-state index in [1.165, 1.54) is 0 Å². The summed E-state index contributed by atoms with van der Waals surface area (Å²) in [5.74, 6) is 0. The second kappa shape index (κ2) is 5.67. The van der Waals surface area contributed by atoms with E-state index in [1.54, 1.807) is 0 Å². The molecule has 0 fully saturated rings. The molecule has 0 spiro atoms. The van der Waals surface area contributed by atoms with Crippen LogP contribution in [0.25, 0.3) is 0 Å². The summed E-state index contributed by atoms with van der Waals surface area (Å²) in [6.45, 7) is 8.44. The molecule has 0 aromatic heterocycles. The molecule has 0 saturated carbocycles. The summed E-state index contributed by atoms with van der Waals surface area (Å²) in [6, 6.07) is 9.96. The number of hydrogen-bond acceptors (Lipinski definition) is 2. The molecule has 16 heavy (non-hydrogen) atoms. The van der Waals surface area contributed by atoms with Gasteiger partial charge in [-0.25, -0.2) is 0 Å². The summed E-state index contributed by atoms with van der Waals surface area (Å²) in [6.07, 6.45) is 1.15. The molecule has 0 unspecified atom stereocenters. The van der Waals surface area contributed by atoms with Gasteiger partial charge in [-0.2, -0.15) is 5.26 Å². The highest BCUT2D eigenvalue weighted by atomic mass is 14.9. The maximum atomic E-state index is 8.95. The number of hydrogen-bond donors (Lipinski definition) is 1. The van der Waals surface area contributed by atoms with Crippen molar-refractivity contribution in [3.8, 4) is 6.07 Å². The monoisotopic (exact) mass is 216 g/mol. The lowest BCUT2D eigenvalue weighted by molar-refractivity contribution is 0.327.